The van der Waals surface area contributed by atoms with Crippen molar-refractivity contribution in [2.24, 2.45) is 5.92 Å². The molecule has 2 rings (SSSR count). The predicted octanol–water partition coefficient (Wildman–Crippen LogP) is 3.30. The molecule has 0 aromatic carbocycles. The molecule has 5 heteroatoms. The molecule has 1 fully saturated rings. The van der Waals surface area contributed by atoms with E-state index in [4.69, 9.17) is 0 Å². The first-order chi connectivity index (χ1) is 10.1. The minimum Gasteiger partial charge on any atom is -0.480 e. The fraction of sp³-hybridized carbons (Fsp3) is 0.500. The summed E-state index contributed by atoms with van der Waals surface area (Å²) in [6.45, 7) is 2.13. The lowest BCUT2D eigenvalue weighted by molar-refractivity contribution is -0.149. The van der Waals surface area contributed by atoms with Crippen LogP contribution in [-0.2, 0) is 9.59 Å². The van der Waals surface area contributed by atoms with Crippen molar-refractivity contribution in [3.63, 3.8) is 0 Å². The Balaban J connectivity index is 2.00. The maximum absolute atomic E-state index is 12.0. The van der Waals surface area contributed by atoms with E-state index >= 15 is 0 Å². The minimum atomic E-state index is -1.09. The summed E-state index contributed by atoms with van der Waals surface area (Å²) in [5, 5.41) is 14.2. The van der Waals surface area contributed by atoms with Gasteiger partial charge in [-0.05, 0) is 49.1 Å². The van der Waals surface area contributed by atoms with Crippen molar-refractivity contribution < 1.29 is 14.7 Å². The van der Waals surface area contributed by atoms with Crippen LogP contribution < -0.4 is 5.32 Å². The number of aliphatic carboxylic acids is 1. The molecule has 0 spiro atoms. The number of hydrogen-bond acceptors (Lipinski definition) is 3. The summed E-state index contributed by atoms with van der Waals surface area (Å²) in [5.41, 5.74) is -1.09. The fourth-order valence-corrected chi connectivity index (χ4v) is 3.41. The third-order valence-corrected chi connectivity index (χ3v) is 5.09. The third-order valence-electron chi connectivity index (χ3n) is 4.25. The summed E-state index contributed by atoms with van der Waals surface area (Å²) in [4.78, 5) is 24.6. The summed E-state index contributed by atoms with van der Waals surface area (Å²) in [5.74, 6) is -0.674. The maximum atomic E-state index is 12.0. The van der Waals surface area contributed by atoms with Crippen LogP contribution in [0.4, 0.5) is 0 Å². The average Bonchev–Trinajstić information content (AvgIpc) is 2.99. The number of nitrogens with one attached hydrogen (secondary N) is 1. The number of thiophene rings is 1. The molecule has 0 atom stereocenters. The summed E-state index contributed by atoms with van der Waals surface area (Å²) < 4.78 is 0. The van der Waals surface area contributed by atoms with Crippen LogP contribution in [0.3, 0.4) is 0 Å². The number of rotatable bonds is 5. The number of carbonyl (C=O) groups excluding carboxylic acids is 1. The first kappa shape index (κ1) is 15.8. The lowest BCUT2D eigenvalue weighted by Crippen LogP contribution is -2.56. The normalized spacial score (nSPS) is 25.9. The van der Waals surface area contributed by atoms with Crippen LogP contribution in [0.25, 0.3) is 6.08 Å². The molecule has 0 bridgehead atoms. The van der Waals surface area contributed by atoms with E-state index in [2.05, 4.69) is 12.2 Å². The molecule has 0 unspecified atom stereocenters. The Bertz CT molecular complexity index is 514. The first-order valence-electron chi connectivity index (χ1n) is 7.33. The highest BCUT2D eigenvalue weighted by Gasteiger charge is 2.42. The van der Waals surface area contributed by atoms with Gasteiger partial charge in [-0.15, -0.1) is 11.3 Å². The Morgan fingerprint density at radius 3 is 2.71 bits per heavy atom. The smallest absolute Gasteiger partial charge is 0.329 e. The molecule has 0 radical (unpaired) electrons. The van der Waals surface area contributed by atoms with Gasteiger partial charge in [0, 0.05) is 11.0 Å². The Hall–Kier alpha value is -1.62. The molecule has 21 heavy (non-hydrogen) atoms. The molecule has 1 heterocycles. The van der Waals surface area contributed by atoms with E-state index in [-0.39, 0.29) is 5.91 Å². The molecule has 1 aliphatic rings. The molecule has 1 amide bonds. The number of carbonyl (C=O) groups is 2. The molecule has 4 nitrogen and oxygen atoms in total. The van der Waals surface area contributed by atoms with Gasteiger partial charge in [0.25, 0.3) is 0 Å². The van der Waals surface area contributed by atoms with Gasteiger partial charge in [-0.1, -0.05) is 19.4 Å². The second-order valence-electron chi connectivity index (χ2n) is 5.58. The van der Waals surface area contributed by atoms with Crippen molar-refractivity contribution in [2.45, 2.75) is 44.6 Å². The van der Waals surface area contributed by atoms with Crippen LogP contribution in [0.2, 0.25) is 0 Å². The summed E-state index contributed by atoms with van der Waals surface area (Å²) in [6.07, 6.45) is 6.95. The molecule has 1 saturated carbocycles. The Morgan fingerprint density at radius 1 is 1.48 bits per heavy atom. The minimum absolute atomic E-state index is 0.333. The average molecular weight is 307 g/mol. The summed E-state index contributed by atoms with van der Waals surface area (Å²) >= 11 is 1.54. The number of carboxylic acids is 1. The Kier molecular flexibility index (Phi) is 5.17. The van der Waals surface area contributed by atoms with Gasteiger partial charge in [0.05, 0.1) is 0 Å². The highest BCUT2D eigenvalue weighted by molar-refractivity contribution is 7.10. The summed E-state index contributed by atoms with van der Waals surface area (Å²) in [6, 6.07) is 3.82. The van der Waals surface area contributed by atoms with Crippen molar-refractivity contribution in [1.29, 1.82) is 0 Å². The van der Waals surface area contributed by atoms with E-state index in [1.54, 1.807) is 6.08 Å². The second-order valence-corrected chi connectivity index (χ2v) is 6.56. The van der Waals surface area contributed by atoms with E-state index in [1.165, 1.54) is 17.4 Å². The first-order valence-corrected chi connectivity index (χ1v) is 8.21. The van der Waals surface area contributed by atoms with Gasteiger partial charge in [0.1, 0.15) is 5.54 Å². The standard InChI is InChI=1S/C16H21NO3S/c1-2-12-7-9-16(10-8-12,15(19)20)17-14(18)6-5-13-4-3-11-21-13/h3-6,11-12H,2,7-10H2,1H3,(H,17,18)(H,19,20)/b6-5+. The lowest BCUT2D eigenvalue weighted by Gasteiger charge is -2.36. The molecule has 2 N–H and O–H groups in total. The van der Waals surface area contributed by atoms with Crippen molar-refractivity contribution in [2.75, 3.05) is 0 Å². The predicted molar refractivity (Wildman–Crippen MR) is 84.1 cm³/mol. The van der Waals surface area contributed by atoms with E-state index < -0.39 is 11.5 Å². The lowest BCUT2D eigenvalue weighted by atomic mass is 9.75. The SMILES string of the molecule is CCC1CCC(NC(=O)/C=C/c2cccs2)(C(=O)O)CC1. The van der Waals surface area contributed by atoms with Crippen LogP contribution in [0.1, 0.15) is 43.9 Å². The number of amides is 1. The van der Waals surface area contributed by atoms with Crippen LogP contribution in [0.15, 0.2) is 23.6 Å². The zero-order valence-corrected chi connectivity index (χ0v) is 13.0. The second kappa shape index (κ2) is 6.89. The fourth-order valence-electron chi connectivity index (χ4n) is 2.79. The zero-order valence-electron chi connectivity index (χ0n) is 12.2. The highest BCUT2D eigenvalue weighted by Crippen LogP contribution is 2.34. The van der Waals surface area contributed by atoms with Crippen LogP contribution in [0, 0.1) is 5.92 Å². The molecular weight excluding hydrogens is 286 g/mol. The third kappa shape index (κ3) is 3.94. The van der Waals surface area contributed by atoms with Gasteiger partial charge in [-0.25, -0.2) is 4.79 Å². The highest BCUT2D eigenvalue weighted by atomic mass is 32.1. The van der Waals surface area contributed by atoms with Crippen molar-refractivity contribution in [1.82, 2.24) is 5.32 Å². The topological polar surface area (TPSA) is 66.4 Å². The van der Waals surface area contributed by atoms with Crippen LogP contribution in [-0.4, -0.2) is 22.5 Å². The molecule has 114 valence electrons. The summed E-state index contributed by atoms with van der Waals surface area (Å²) in [7, 11) is 0. The molecule has 1 aromatic rings. The van der Waals surface area contributed by atoms with E-state index in [9.17, 15) is 14.7 Å². The number of hydrogen-bond donors (Lipinski definition) is 2. The van der Waals surface area contributed by atoms with Gasteiger partial charge >= 0.3 is 5.97 Å². The molecule has 1 aliphatic carbocycles. The molecule has 0 saturated heterocycles. The molecule has 0 aliphatic heterocycles. The van der Waals surface area contributed by atoms with Crippen LogP contribution in [0.5, 0.6) is 0 Å². The monoisotopic (exact) mass is 307 g/mol. The number of carboxylic acid groups (broad SMARTS) is 1. The van der Waals surface area contributed by atoms with Gasteiger partial charge in [0.2, 0.25) is 5.91 Å². The molecular formula is C16H21NO3S. The van der Waals surface area contributed by atoms with Crippen LogP contribution >= 0.6 is 11.3 Å². The van der Waals surface area contributed by atoms with Gasteiger partial charge < -0.3 is 10.4 Å². The van der Waals surface area contributed by atoms with Gasteiger partial charge in [0.15, 0.2) is 0 Å². The quantitative estimate of drug-likeness (QED) is 0.820. The zero-order chi connectivity index (χ0) is 15.3. The maximum Gasteiger partial charge on any atom is 0.329 e. The van der Waals surface area contributed by atoms with E-state index in [0.29, 0.717) is 18.8 Å². The Morgan fingerprint density at radius 2 is 2.19 bits per heavy atom. The molecule has 1 aromatic heterocycles. The largest absolute Gasteiger partial charge is 0.480 e. The van der Waals surface area contributed by atoms with Crippen molar-refractivity contribution in [3.05, 3.63) is 28.5 Å². The van der Waals surface area contributed by atoms with E-state index in [0.717, 1.165) is 24.1 Å². The van der Waals surface area contributed by atoms with Gasteiger partial charge in [-0.3, -0.25) is 4.79 Å². The van der Waals surface area contributed by atoms with Crippen molar-refractivity contribution in [3.8, 4) is 0 Å². The van der Waals surface area contributed by atoms with Gasteiger partial charge in [-0.2, -0.15) is 0 Å². The Labute approximate surface area is 128 Å². The van der Waals surface area contributed by atoms with E-state index in [1.807, 2.05) is 17.5 Å². The van der Waals surface area contributed by atoms with Crippen molar-refractivity contribution >= 4 is 29.3 Å².